The summed E-state index contributed by atoms with van der Waals surface area (Å²) in [4.78, 5) is 16.6. The lowest BCUT2D eigenvalue weighted by Gasteiger charge is -2.23. The van der Waals surface area contributed by atoms with Gasteiger partial charge in [-0.05, 0) is 53.1 Å². The fourth-order valence-corrected chi connectivity index (χ4v) is 4.64. The first kappa shape index (κ1) is 24.8. The van der Waals surface area contributed by atoms with Crippen molar-refractivity contribution in [3.63, 3.8) is 0 Å². The maximum atomic E-state index is 12.2. The Morgan fingerprint density at radius 1 is 1.24 bits per heavy atom. The molecule has 0 aliphatic heterocycles. The number of fused-ring (bicyclic) bond motifs is 1. The summed E-state index contributed by atoms with van der Waals surface area (Å²) >= 11 is 0. The highest BCUT2D eigenvalue weighted by Crippen LogP contribution is 2.31. The minimum Gasteiger partial charge on any atom is -0.481 e. The Bertz CT molecular complexity index is 1080. The molecule has 9 nitrogen and oxygen atoms in total. The molecule has 2 atom stereocenters. The number of carboxylic acid groups (broad SMARTS) is 1. The lowest BCUT2D eigenvalue weighted by atomic mass is 9.83. The number of pyridine rings is 1. The molecule has 178 valence electrons. The molecule has 0 fully saturated rings. The number of nitrogens with two attached hydrogens (primary N) is 1. The fraction of sp³-hybridized carbons (Fsp3) is 0.522. The molecule has 33 heavy (non-hydrogen) atoms. The summed E-state index contributed by atoms with van der Waals surface area (Å²) in [6.07, 6.45) is 1.75. The standard InChI is InChI=1S/C23H34N6O3Si/c1-5-6-18(23(30)31)19(13-16-7-8-17-9-10-21(24)25-20(17)14-16)22-26-27-28-29(22)15-32-11-12-33(2,3)4/h7-10,14,18-19H,5-6,11-13,15H2,1-4H3,(H2,24,25)(H,30,31)/t18-,19-/m0/s1. The normalized spacial score (nSPS) is 13.8. The number of rotatable bonds is 12. The zero-order chi connectivity index (χ0) is 24.0. The fourth-order valence-electron chi connectivity index (χ4n) is 3.88. The molecule has 3 rings (SSSR count). The second-order valence-electron chi connectivity index (χ2n) is 9.69. The van der Waals surface area contributed by atoms with E-state index in [-0.39, 0.29) is 6.73 Å². The van der Waals surface area contributed by atoms with Gasteiger partial charge in [0.2, 0.25) is 0 Å². The highest BCUT2D eigenvalue weighted by Gasteiger charge is 2.33. The largest absolute Gasteiger partial charge is 0.481 e. The van der Waals surface area contributed by atoms with Crippen molar-refractivity contribution in [3.8, 4) is 0 Å². The van der Waals surface area contributed by atoms with Gasteiger partial charge in [0.05, 0.1) is 11.4 Å². The number of hydrogen-bond acceptors (Lipinski definition) is 7. The van der Waals surface area contributed by atoms with Gasteiger partial charge in [0.15, 0.2) is 5.82 Å². The quantitative estimate of drug-likeness (QED) is 0.301. The molecule has 2 aromatic heterocycles. The van der Waals surface area contributed by atoms with Gasteiger partial charge in [-0.1, -0.05) is 45.1 Å². The highest BCUT2D eigenvalue weighted by molar-refractivity contribution is 6.76. The van der Waals surface area contributed by atoms with E-state index in [9.17, 15) is 9.90 Å². The number of tetrazole rings is 1. The molecule has 0 spiro atoms. The first-order chi connectivity index (χ1) is 15.7. The van der Waals surface area contributed by atoms with Crippen LogP contribution in [0.2, 0.25) is 25.7 Å². The van der Waals surface area contributed by atoms with Gasteiger partial charge < -0.3 is 15.6 Å². The third kappa shape index (κ3) is 6.81. The molecule has 0 aliphatic rings. The van der Waals surface area contributed by atoms with E-state index in [0.29, 0.717) is 31.1 Å². The van der Waals surface area contributed by atoms with Crippen molar-refractivity contribution in [2.45, 2.75) is 64.5 Å². The Labute approximate surface area is 195 Å². The second kappa shape index (κ2) is 10.8. The van der Waals surface area contributed by atoms with Crippen molar-refractivity contribution < 1.29 is 14.6 Å². The first-order valence-electron chi connectivity index (χ1n) is 11.4. The van der Waals surface area contributed by atoms with Crippen LogP contribution in [0.25, 0.3) is 10.9 Å². The molecule has 0 bridgehead atoms. The minimum atomic E-state index is -1.21. The summed E-state index contributed by atoms with van der Waals surface area (Å²) in [7, 11) is -1.21. The molecule has 0 saturated heterocycles. The molecule has 3 N–H and O–H groups in total. The molecule has 0 aliphatic carbocycles. The van der Waals surface area contributed by atoms with Crippen LogP contribution >= 0.6 is 0 Å². The van der Waals surface area contributed by atoms with Gasteiger partial charge in [-0.25, -0.2) is 9.67 Å². The zero-order valence-corrected chi connectivity index (χ0v) is 20.9. The van der Waals surface area contributed by atoms with Crippen LogP contribution in [-0.4, -0.2) is 50.9 Å². The predicted octanol–water partition coefficient (Wildman–Crippen LogP) is 3.94. The number of carboxylic acids is 1. The van der Waals surface area contributed by atoms with E-state index in [0.717, 1.165) is 28.9 Å². The van der Waals surface area contributed by atoms with Crippen LogP contribution in [0, 0.1) is 5.92 Å². The Balaban J connectivity index is 1.88. The summed E-state index contributed by atoms with van der Waals surface area (Å²) in [5.74, 6) is -0.892. The molecule has 0 saturated carbocycles. The van der Waals surface area contributed by atoms with Crippen LogP contribution in [0.4, 0.5) is 5.82 Å². The maximum Gasteiger partial charge on any atom is 0.307 e. The van der Waals surface area contributed by atoms with Crippen molar-refractivity contribution in [1.82, 2.24) is 25.2 Å². The van der Waals surface area contributed by atoms with E-state index < -0.39 is 25.9 Å². The molecule has 0 radical (unpaired) electrons. The van der Waals surface area contributed by atoms with Crippen LogP contribution in [0.3, 0.4) is 0 Å². The molecule has 0 amide bonds. The molecule has 1 aromatic carbocycles. The number of aromatic nitrogens is 5. The number of ether oxygens (including phenoxy) is 1. The van der Waals surface area contributed by atoms with E-state index >= 15 is 0 Å². The number of nitrogen functional groups attached to an aromatic ring is 1. The van der Waals surface area contributed by atoms with Gasteiger partial charge in [0.25, 0.3) is 0 Å². The Hall–Kier alpha value is -2.85. The van der Waals surface area contributed by atoms with Gasteiger partial charge in [0.1, 0.15) is 12.5 Å². The van der Waals surface area contributed by atoms with Crippen LogP contribution in [0.5, 0.6) is 0 Å². The smallest absolute Gasteiger partial charge is 0.307 e. The van der Waals surface area contributed by atoms with Crippen LogP contribution in [0.1, 0.15) is 37.1 Å². The van der Waals surface area contributed by atoms with Crippen LogP contribution in [-0.2, 0) is 22.7 Å². The number of hydrogen-bond donors (Lipinski definition) is 2. The number of carbonyl (C=O) groups is 1. The first-order valence-corrected chi connectivity index (χ1v) is 15.1. The van der Waals surface area contributed by atoms with E-state index in [2.05, 4.69) is 40.2 Å². The van der Waals surface area contributed by atoms with Crippen molar-refractivity contribution in [1.29, 1.82) is 0 Å². The molecule has 10 heteroatoms. The average molecular weight is 471 g/mol. The Morgan fingerprint density at radius 3 is 2.70 bits per heavy atom. The van der Waals surface area contributed by atoms with Crippen molar-refractivity contribution in [3.05, 3.63) is 41.7 Å². The number of anilines is 1. The van der Waals surface area contributed by atoms with E-state index in [1.165, 1.54) is 0 Å². The summed E-state index contributed by atoms with van der Waals surface area (Å²) in [6, 6.07) is 10.7. The minimum absolute atomic E-state index is 0.206. The second-order valence-corrected chi connectivity index (χ2v) is 15.3. The average Bonchev–Trinajstić information content (AvgIpc) is 3.21. The summed E-state index contributed by atoms with van der Waals surface area (Å²) in [5.41, 5.74) is 7.60. The predicted molar refractivity (Wildman–Crippen MR) is 131 cm³/mol. The summed E-state index contributed by atoms with van der Waals surface area (Å²) in [5, 5.41) is 23.2. The highest BCUT2D eigenvalue weighted by atomic mass is 28.3. The monoisotopic (exact) mass is 470 g/mol. The van der Waals surface area contributed by atoms with Gasteiger partial charge >= 0.3 is 5.97 Å². The van der Waals surface area contributed by atoms with Gasteiger partial charge in [-0.2, -0.15) is 0 Å². The van der Waals surface area contributed by atoms with Crippen molar-refractivity contribution in [2.24, 2.45) is 5.92 Å². The molecular formula is C23H34N6O3Si. The van der Waals surface area contributed by atoms with E-state index in [4.69, 9.17) is 10.5 Å². The van der Waals surface area contributed by atoms with Crippen molar-refractivity contribution in [2.75, 3.05) is 12.3 Å². The number of aliphatic carboxylic acids is 1. The summed E-state index contributed by atoms with van der Waals surface area (Å²) in [6.45, 7) is 9.71. The van der Waals surface area contributed by atoms with Crippen molar-refractivity contribution >= 4 is 30.8 Å². The Morgan fingerprint density at radius 2 is 2.00 bits per heavy atom. The molecule has 3 aromatic rings. The lowest BCUT2D eigenvalue weighted by Crippen LogP contribution is -2.27. The maximum absolute atomic E-state index is 12.2. The topological polar surface area (TPSA) is 129 Å². The summed E-state index contributed by atoms with van der Waals surface area (Å²) < 4.78 is 7.45. The molecular weight excluding hydrogens is 436 g/mol. The number of nitrogens with zero attached hydrogens (tertiary/aromatic N) is 5. The third-order valence-electron chi connectivity index (χ3n) is 5.74. The molecule has 0 unspecified atom stereocenters. The Kier molecular flexibility index (Phi) is 8.14. The third-order valence-corrected chi connectivity index (χ3v) is 7.44. The van der Waals surface area contributed by atoms with Gasteiger partial charge in [-0.3, -0.25) is 4.79 Å². The SMILES string of the molecule is CCC[C@H](C(=O)O)[C@H](Cc1ccc2ccc(N)nc2c1)c1nnnn1COCC[Si](C)(C)C. The number of benzene rings is 1. The molecule has 2 heterocycles. The van der Waals surface area contributed by atoms with Crippen LogP contribution < -0.4 is 5.73 Å². The van der Waals surface area contributed by atoms with Gasteiger partial charge in [0, 0.05) is 26.0 Å². The van der Waals surface area contributed by atoms with E-state index in [1.54, 1.807) is 10.7 Å². The van der Waals surface area contributed by atoms with E-state index in [1.807, 2.05) is 31.2 Å². The van der Waals surface area contributed by atoms with Crippen LogP contribution in [0.15, 0.2) is 30.3 Å². The zero-order valence-electron chi connectivity index (χ0n) is 19.9. The lowest BCUT2D eigenvalue weighted by molar-refractivity contribution is -0.143. The van der Waals surface area contributed by atoms with Gasteiger partial charge in [-0.15, -0.1) is 5.10 Å².